The molecular weight excluding hydrogens is 260 g/mol. The summed E-state index contributed by atoms with van der Waals surface area (Å²) in [4.78, 5) is 20.8. The average Bonchev–Trinajstić information content (AvgIpc) is 2.93. The molecule has 0 fully saturated rings. The highest BCUT2D eigenvalue weighted by atomic mass is 16.4. The summed E-state index contributed by atoms with van der Waals surface area (Å²) in [6.07, 6.45) is 2.84. The van der Waals surface area contributed by atoms with Gasteiger partial charge in [-0.3, -0.25) is 0 Å². The molecule has 0 spiro atoms. The van der Waals surface area contributed by atoms with Gasteiger partial charge in [-0.1, -0.05) is 0 Å². The van der Waals surface area contributed by atoms with E-state index in [4.69, 9.17) is 9.52 Å². The first-order valence-electron chi connectivity index (χ1n) is 6.19. The van der Waals surface area contributed by atoms with Gasteiger partial charge in [0.2, 0.25) is 0 Å². The Morgan fingerprint density at radius 2 is 2.35 bits per heavy atom. The van der Waals surface area contributed by atoms with E-state index in [1.807, 2.05) is 31.0 Å². The molecule has 0 amide bonds. The third kappa shape index (κ3) is 3.25. The van der Waals surface area contributed by atoms with Gasteiger partial charge in [0.05, 0.1) is 0 Å². The highest BCUT2D eigenvalue weighted by molar-refractivity contribution is 5.85. The number of hydrogen-bond donors (Lipinski definition) is 2. The monoisotopic (exact) mass is 276 g/mol. The summed E-state index contributed by atoms with van der Waals surface area (Å²) < 4.78 is 5.02. The van der Waals surface area contributed by atoms with E-state index in [0.29, 0.717) is 6.54 Å². The number of anilines is 2. The number of rotatable bonds is 6. The maximum absolute atomic E-state index is 10.7. The predicted molar refractivity (Wildman–Crippen MR) is 74.0 cm³/mol. The van der Waals surface area contributed by atoms with Gasteiger partial charge in [0.25, 0.3) is 6.01 Å². The zero-order valence-electron chi connectivity index (χ0n) is 11.3. The minimum atomic E-state index is -1.11. The van der Waals surface area contributed by atoms with Crippen molar-refractivity contribution in [1.29, 1.82) is 0 Å². The number of carbonyl (C=O) groups is 1. The molecule has 0 aliphatic carbocycles. The van der Waals surface area contributed by atoms with Crippen LogP contribution in [0.5, 0.6) is 0 Å². The van der Waals surface area contributed by atoms with Gasteiger partial charge >= 0.3 is 5.97 Å². The molecule has 2 rings (SSSR count). The van der Waals surface area contributed by atoms with Crippen LogP contribution in [0.15, 0.2) is 29.0 Å². The maximum atomic E-state index is 10.7. The van der Waals surface area contributed by atoms with E-state index in [1.54, 1.807) is 6.20 Å². The third-order valence-corrected chi connectivity index (χ3v) is 2.84. The molecular formula is C13H16N4O3. The summed E-state index contributed by atoms with van der Waals surface area (Å²) in [7, 11) is 1.97. The van der Waals surface area contributed by atoms with E-state index >= 15 is 0 Å². The average molecular weight is 276 g/mol. The first-order chi connectivity index (χ1) is 9.60. The van der Waals surface area contributed by atoms with Crippen LogP contribution in [-0.4, -0.2) is 34.6 Å². The van der Waals surface area contributed by atoms with Crippen molar-refractivity contribution in [2.45, 2.75) is 13.5 Å². The molecule has 0 bridgehead atoms. The lowest BCUT2D eigenvalue weighted by atomic mass is 10.2. The molecule has 0 atom stereocenters. The first kappa shape index (κ1) is 13.9. The van der Waals surface area contributed by atoms with Gasteiger partial charge in [0.15, 0.2) is 5.69 Å². The number of carboxylic acids is 1. The van der Waals surface area contributed by atoms with Crippen molar-refractivity contribution in [2.75, 3.05) is 23.8 Å². The third-order valence-electron chi connectivity index (χ3n) is 2.84. The normalized spacial score (nSPS) is 10.3. The predicted octanol–water partition coefficient (Wildman–Crippen LogP) is 1.84. The summed E-state index contributed by atoms with van der Waals surface area (Å²) in [5.41, 5.74) is 0.888. The fourth-order valence-corrected chi connectivity index (χ4v) is 1.57. The minimum Gasteiger partial charge on any atom is -0.476 e. The van der Waals surface area contributed by atoms with Gasteiger partial charge in [0, 0.05) is 26.3 Å². The highest BCUT2D eigenvalue weighted by Crippen LogP contribution is 2.13. The van der Waals surface area contributed by atoms with Crippen LogP contribution in [0, 0.1) is 0 Å². The van der Waals surface area contributed by atoms with Crippen molar-refractivity contribution in [3.63, 3.8) is 0 Å². The molecule has 7 nitrogen and oxygen atoms in total. The summed E-state index contributed by atoms with van der Waals surface area (Å²) in [6.45, 7) is 3.39. The topological polar surface area (TPSA) is 91.5 Å². The van der Waals surface area contributed by atoms with Crippen LogP contribution in [0.1, 0.15) is 23.0 Å². The molecule has 0 saturated carbocycles. The van der Waals surface area contributed by atoms with E-state index in [0.717, 1.165) is 24.2 Å². The standard InChI is InChI=1S/C13H16N4O3/c1-3-17(2)11-6-9(4-5-14-11)7-15-13-16-10(8-20-13)12(18)19/h4-6,8H,3,7H2,1-2H3,(H,15,16)(H,18,19). The van der Waals surface area contributed by atoms with Gasteiger partial charge in [-0.2, -0.15) is 4.98 Å². The van der Waals surface area contributed by atoms with Crippen molar-refractivity contribution < 1.29 is 14.3 Å². The molecule has 2 N–H and O–H groups in total. The lowest BCUT2D eigenvalue weighted by molar-refractivity contribution is 0.0690. The number of aromatic carboxylic acids is 1. The van der Waals surface area contributed by atoms with Crippen molar-refractivity contribution in [3.8, 4) is 0 Å². The number of hydrogen-bond acceptors (Lipinski definition) is 6. The lowest BCUT2D eigenvalue weighted by Crippen LogP contribution is -2.17. The van der Waals surface area contributed by atoms with E-state index in [9.17, 15) is 4.79 Å². The first-order valence-corrected chi connectivity index (χ1v) is 6.19. The minimum absolute atomic E-state index is 0.117. The molecule has 2 aromatic rings. The Bertz CT molecular complexity index is 597. The molecule has 0 aliphatic heterocycles. The fraction of sp³-hybridized carbons (Fsp3) is 0.308. The Labute approximate surface area is 116 Å². The van der Waals surface area contributed by atoms with Crippen molar-refractivity contribution in [3.05, 3.63) is 35.9 Å². The smallest absolute Gasteiger partial charge is 0.357 e. The van der Waals surface area contributed by atoms with Crippen LogP contribution in [0.4, 0.5) is 11.8 Å². The van der Waals surface area contributed by atoms with Gasteiger partial charge in [0.1, 0.15) is 12.1 Å². The molecule has 0 radical (unpaired) electrons. The molecule has 2 aromatic heterocycles. The quantitative estimate of drug-likeness (QED) is 0.831. The van der Waals surface area contributed by atoms with E-state index in [-0.39, 0.29) is 11.7 Å². The van der Waals surface area contributed by atoms with Crippen LogP contribution in [0.3, 0.4) is 0 Å². The van der Waals surface area contributed by atoms with Crippen LogP contribution in [0.2, 0.25) is 0 Å². The summed E-state index contributed by atoms with van der Waals surface area (Å²) in [5.74, 6) is -0.233. The summed E-state index contributed by atoms with van der Waals surface area (Å²) in [6, 6.07) is 4.02. The number of aromatic nitrogens is 2. The van der Waals surface area contributed by atoms with Gasteiger partial charge in [-0.05, 0) is 24.6 Å². The Morgan fingerprint density at radius 1 is 1.55 bits per heavy atom. The van der Waals surface area contributed by atoms with E-state index < -0.39 is 5.97 Å². The fourth-order valence-electron chi connectivity index (χ4n) is 1.57. The van der Waals surface area contributed by atoms with Crippen molar-refractivity contribution in [2.24, 2.45) is 0 Å². The summed E-state index contributed by atoms with van der Waals surface area (Å²) in [5, 5.41) is 11.7. The zero-order valence-corrected chi connectivity index (χ0v) is 11.3. The molecule has 0 saturated heterocycles. The Hall–Kier alpha value is -2.57. The number of oxazole rings is 1. The second-order valence-electron chi connectivity index (χ2n) is 4.23. The Balaban J connectivity index is 2.01. The Kier molecular flexibility index (Phi) is 4.19. The zero-order chi connectivity index (χ0) is 14.5. The molecule has 20 heavy (non-hydrogen) atoms. The Morgan fingerprint density at radius 3 is 3.00 bits per heavy atom. The summed E-state index contributed by atoms with van der Waals surface area (Å²) >= 11 is 0. The molecule has 0 unspecified atom stereocenters. The van der Waals surface area contributed by atoms with Crippen LogP contribution in [-0.2, 0) is 6.54 Å². The van der Waals surface area contributed by atoms with Crippen molar-refractivity contribution >= 4 is 17.8 Å². The largest absolute Gasteiger partial charge is 0.476 e. The van der Waals surface area contributed by atoms with Gasteiger partial charge in [-0.25, -0.2) is 9.78 Å². The molecule has 0 aliphatic rings. The second-order valence-corrected chi connectivity index (χ2v) is 4.23. The molecule has 106 valence electrons. The molecule has 2 heterocycles. The van der Waals surface area contributed by atoms with Crippen molar-refractivity contribution in [1.82, 2.24) is 9.97 Å². The SMILES string of the molecule is CCN(C)c1cc(CNc2nc(C(=O)O)co2)ccn1. The van der Waals surface area contributed by atoms with Crippen LogP contribution < -0.4 is 10.2 Å². The van der Waals surface area contributed by atoms with Crippen LogP contribution >= 0.6 is 0 Å². The highest BCUT2D eigenvalue weighted by Gasteiger charge is 2.10. The molecule has 0 aromatic carbocycles. The lowest BCUT2D eigenvalue weighted by Gasteiger charge is -2.16. The second kappa shape index (κ2) is 6.05. The number of nitrogens with zero attached hydrogens (tertiary/aromatic N) is 3. The van der Waals surface area contributed by atoms with Crippen LogP contribution in [0.25, 0.3) is 0 Å². The molecule has 7 heteroatoms. The maximum Gasteiger partial charge on any atom is 0.357 e. The van der Waals surface area contributed by atoms with E-state index in [1.165, 1.54) is 0 Å². The van der Waals surface area contributed by atoms with Gasteiger partial charge < -0.3 is 19.7 Å². The number of pyridine rings is 1. The van der Waals surface area contributed by atoms with E-state index in [2.05, 4.69) is 15.3 Å². The number of nitrogens with one attached hydrogen (secondary N) is 1. The number of carboxylic acid groups (broad SMARTS) is 1. The van der Waals surface area contributed by atoms with Gasteiger partial charge in [-0.15, -0.1) is 0 Å².